The Hall–Kier alpha value is -4.50. The highest BCUT2D eigenvalue weighted by Gasteiger charge is 2.25. The smallest absolute Gasteiger partial charge is 0.339 e. The molecule has 1 heterocycles. The number of para-hydroxylation sites is 1. The van der Waals surface area contributed by atoms with Crippen molar-refractivity contribution in [1.82, 2.24) is 5.43 Å². The van der Waals surface area contributed by atoms with Gasteiger partial charge in [0.2, 0.25) is 5.91 Å². The van der Waals surface area contributed by atoms with E-state index in [9.17, 15) is 14.7 Å². The number of carboxylic acids is 1. The maximum atomic E-state index is 13.8. The summed E-state index contributed by atoms with van der Waals surface area (Å²) in [7, 11) is 3.06. The summed E-state index contributed by atoms with van der Waals surface area (Å²) in [5.74, 6) is -0.525. The molecule has 0 saturated carbocycles. The van der Waals surface area contributed by atoms with Crippen molar-refractivity contribution < 1.29 is 24.2 Å². The molecule has 0 spiro atoms. The highest BCUT2D eigenvalue weighted by Crippen LogP contribution is 2.40. The molecule has 5 rings (SSSR count). The fourth-order valence-corrected chi connectivity index (χ4v) is 6.14. The number of methoxy groups -OCH3 is 2. The molecule has 1 amide bonds. The maximum Gasteiger partial charge on any atom is 0.339 e. The van der Waals surface area contributed by atoms with E-state index in [1.54, 1.807) is 13.2 Å². The minimum absolute atomic E-state index is 0.0156. The van der Waals surface area contributed by atoms with Gasteiger partial charge in [0.15, 0.2) is 0 Å². The summed E-state index contributed by atoms with van der Waals surface area (Å²) in [4.78, 5) is 27.9. The first kappa shape index (κ1) is 30.9. The van der Waals surface area contributed by atoms with Crippen molar-refractivity contribution in [2.75, 3.05) is 37.2 Å². The fraction of sp³-hybridized carbons (Fsp3) is 0.257. The third-order valence-electron chi connectivity index (χ3n) is 7.85. The summed E-state index contributed by atoms with van der Waals surface area (Å²) in [5, 5.41) is 11.4. The molecule has 1 saturated heterocycles. The third-order valence-corrected chi connectivity index (χ3v) is 8.59. The Morgan fingerprint density at radius 1 is 0.909 bits per heavy atom. The number of aromatic carboxylic acids is 1. The number of rotatable bonds is 10. The van der Waals surface area contributed by atoms with Crippen LogP contribution in [-0.4, -0.2) is 44.3 Å². The lowest BCUT2D eigenvalue weighted by Gasteiger charge is -2.35. The second-order valence-corrected chi connectivity index (χ2v) is 11.6. The van der Waals surface area contributed by atoms with Gasteiger partial charge < -0.3 is 19.5 Å². The highest BCUT2D eigenvalue weighted by molar-refractivity contribution is 9.10. The van der Waals surface area contributed by atoms with E-state index in [2.05, 4.69) is 38.4 Å². The van der Waals surface area contributed by atoms with E-state index in [4.69, 9.17) is 9.47 Å². The summed E-state index contributed by atoms with van der Waals surface area (Å²) in [6.45, 7) is 3.93. The fourth-order valence-electron chi connectivity index (χ4n) is 5.65. The molecule has 1 fully saturated rings. The van der Waals surface area contributed by atoms with Crippen molar-refractivity contribution in [3.8, 4) is 22.6 Å². The van der Waals surface area contributed by atoms with E-state index in [1.807, 2.05) is 66.5 Å². The molecule has 1 aliphatic rings. The molecule has 228 valence electrons. The third kappa shape index (κ3) is 6.68. The summed E-state index contributed by atoms with van der Waals surface area (Å²) >= 11 is 3.45. The molecule has 0 unspecified atom stereocenters. The number of carboxylic acid groups (broad SMARTS) is 1. The van der Waals surface area contributed by atoms with Crippen LogP contribution in [0.3, 0.4) is 0 Å². The standard InChI is InChI=1S/C35H36BrN3O5/c1-23-11-10-14-30(38-17-8-5-9-18-38)34(23)39(26-15-16-27(32(21-26)44-3)24-12-6-4-7-13-24)37-33(40)20-25-19-31(43-2)28(35(41)42)22-29(25)36/h4,6-7,10-16,19,21-22H,5,8-9,17-18,20H2,1-3H3,(H,37,40)(H,41,42). The number of carbonyl (C=O) groups excluding carboxylic acids is 1. The maximum absolute atomic E-state index is 13.8. The van der Waals surface area contributed by atoms with Crippen LogP contribution < -0.4 is 24.8 Å². The van der Waals surface area contributed by atoms with Crippen LogP contribution in [0.15, 0.2) is 83.3 Å². The Morgan fingerprint density at radius 3 is 2.32 bits per heavy atom. The van der Waals surface area contributed by atoms with Gasteiger partial charge >= 0.3 is 5.97 Å². The van der Waals surface area contributed by atoms with Crippen molar-refractivity contribution in [3.63, 3.8) is 0 Å². The van der Waals surface area contributed by atoms with Gasteiger partial charge in [-0.25, -0.2) is 4.79 Å². The van der Waals surface area contributed by atoms with Crippen LogP contribution in [0, 0.1) is 6.92 Å². The lowest BCUT2D eigenvalue weighted by atomic mass is 10.0. The monoisotopic (exact) mass is 657 g/mol. The number of amides is 1. The first-order valence-electron chi connectivity index (χ1n) is 14.6. The van der Waals surface area contributed by atoms with E-state index in [-0.39, 0.29) is 23.6 Å². The predicted molar refractivity (Wildman–Crippen MR) is 177 cm³/mol. The topological polar surface area (TPSA) is 91.3 Å². The van der Waals surface area contributed by atoms with Crippen molar-refractivity contribution >= 4 is 44.9 Å². The predicted octanol–water partition coefficient (Wildman–Crippen LogP) is 7.54. The molecule has 4 aromatic carbocycles. The molecule has 1 aliphatic heterocycles. The van der Waals surface area contributed by atoms with E-state index >= 15 is 0 Å². The van der Waals surface area contributed by atoms with Gasteiger partial charge in [0.05, 0.1) is 37.7 Å². The van der Waals surface area contributed by atoms with Crippen molar-refractivity contribution in [1.29, 1.82) is 0 Å². The molecule has 0 aromatic heterocycles. The average molecular weight is 659 g/mol. The largest absolute Gasteiger partial charge is 0.496 e. The Kier molecular flexibility index (Phi) is 9.75. The van der Waals surface area contributed by atoms with Crippen molar-refractivity contribution in [2.45, 2.75) is 32.6 Å². The molecular weight excluding hydrogens is 622 g/mol. The van der Waals surface area contributed by atoms with Crippen LogP contribution >= 0.6 is 15.9 Å². The van der Waals surface area contributed by atoms with Crippen LogP contribution in [0.5, 0.6) is 11.5 Å². The summed E-state index contributed by atoms with van der Waals surface area (Å²) in [5.41, 5.74) is 9.43. The van der Waals surface area contributed by atoms with Crippen LogP contribution in [0.1, 0.15) is 40.7 Å². The zero-order chi connectivity index (χ0) is 31.2. The van der Waals surface area contributed by atoms with E-state index in [0.717, 1.165) is 59.7 Å². The number of hydrogen-bond acceptors (Lipinski definition) is 6. The molecule has 0 aliphatic carbocycles. The number of piperidine rings is 1. The quantitative estimate of drug-likeness (QED) is 0.170. The SMILES string of the molecule is COc1cc(CC(=O)NN(c2ccc(-c3ccccc3)c(OC)c2)c2c(C)cccc2N2CCCCC2)c(Br)cc1C(=O)O. The molecule has 2 N–H and O–H groups in total. The minimum atomic E-state index is -1.11. The molecule has 4 aromatic rings. The summed E-state index contributed by atoms with van der Waals surface area (Å²) < 4.78 is 11.7. The number of hydrazine groups is 1. The summed E-state index contributed by atoms with van der Waals surface area (Å²) in [6.07, 6.45) is 3.41. The lowest BCUT2D eigenvalue weighted by molar-refractivity contribution is -0.120. The van der Waals surface area contributed by atoms with E-state index < -0.39 is 5.97 Å². The van der Waals surface area contributed by atoms with Gasteiger partial charge in [-0.15, -0.1) is 0 Å². The Bertz CT molecular complexity index is 1650. The average Bonchev–Trinajstić information content (AvgIpc) is 3.05. The first-order chi connectivity index (χ1) is 21.3. The van der Waals surface area contributed by atoms with Crippen LogP contribution in [0.25, 0.3) is 11.1 Å². The van der Waals surface area contributed by atoms with Gasteiger partial charge in [-0.1, -0.05) is 58.4 Å². The Balaban J connectivity index is 1.57. The van der Waals surface area contributed by atoms with Gasteiger partial charge in [0.1, 0.15) is 17.1 Å². The van der Waals surface area contributed by atoms with Gasteiger partial charge in [-0.05, 0) is 73.2 Å². The lowest BCUT2D eigenvalue weighted by Crippen LogP contribution is -2.41. The van der Waals surface area contributed by atoms with Crippen LogP contribution in [0.2, 0.25) is 0 Å². The Labute approximate surface area is 266 Å². The van der Waals surface area contributed by atoms with Gasteiger partial charge in [0, 0.05) is 29.2 Å². The second kappa shape index (κ2) is 13.9. The number of aryl methyl sites for hydroxylation is 1. The van der Waals surface area contributed by atoms with Gasteiger partial charge in [0.25, 0.3) is 0 Å². The number of anilines is 3. The van der Waals surface area contributed by atoms with Crippen molar-refractivity contribution in [3.05, 3.63) is 100 Å². The number of halogens is 1. The molecule has 0 radical (unpaired) electrons. The number of benzene rings is 4. The number of nitrogens with one attached hydrogen (secondary N) is 1. The number of nitrogens with zero attached hydrogens (tertiary/aromatic N) is 2. The molecule has 0 bridgehead atoms. The molecule has 0 atom stereocenters. The molecule has 8 nitrogen and oxygen atoms in total. The summed E-state index contributed by atoms with van der Waals surface area (Å²) in [6, 6.07) is 25.2. The zero-order valence-electron chi connectivity index (χ0n) is 25.1. The Morgan fingerprint density at radius 2 is 1.64 bits per heavy atom. The highest BCUT2D eigenvalue weighted by atomic mass is 79.9. The first-order valence-corrected chi connectivity index (χ1v) is 15.4. The minimum Gasteiger partial charge on any atom is -0.496 e. The molecule has 9 heteroatoms. The van der Waals surface area contributed by atoms with Crippen LogP contribution in [0.4, 0.5) is 17.1 Å². The number of hydrogen-bond donors (Lipinski definition) is 2. The van der Waals surface area contributed by atoms with Gasteiger partial charge in [-0.3, -0.25) is 15.2 Å². The van der Waals surface area contributed by atoms with Gasteiger partial charge in [-0.2, -0.15) is 0 Å². The molecule has 44 heavy (non-hydrogen) atoms. The molecular formula is C35H36BrN3O5. The van der Waals surface area contributed by atoms with Crippen molar-refractivity contribution in [2.24, 2.45) is 0 Å². The normalized spacial score (nSPS) is 12.9. The number of carbonyl (C=O) groups is 2. The van der Waals surface area contributed by atoms with E-state index in [0.29, 0.717) is 15.8 Å². The zero-order valence-corrected chi connectivity index (χ0v) is 26.7. The second-order valence-electron chi connectivity index (χ2n) is 10.7. The van der Waals surface area contributed by atoms with Crippen LogP contribution in [-0.2, 0) is 11.2 Å². The number of ether oxygens (including phenoxy) is 2. The van der Waals surface area contributed by atoms with E-state index in [1.165, 1.54) is 19.6 Å².